The smallest absolute Gasteiger partial charge is 0.311 e. The molecular formula is C16H22O6S. The lowest BCUT2D eigenvalue weighted by Crippen LogP contribution is -2.41. The predicted octanol–water partition coefficient (Wildman–Crippen LogP) is 2.24. The molecule has 0 radical (unpaired) electrons. The van der Waals surface area contributed by atoms with Gasteiger partial charge in [0.1, 0.15) is 6.61 Å². The van der Waals surface area contributed by atoms with Gasteiger partial charge in [-0.15, -0.1) is 0 Å². The van der Waals surface area contributed by atoms with E-state index in [1.165, 1.54) is 0 Å². The zero-order chi connectivity index (χ0) is 17.6. The Hall–Kier alpha value is -1.73. The van der Waals surface area contributed by atoms with E-state index in [0.29, 0.717) is 0 Å². The van der Waals surface area contributed by atoms with Gasteiger partial charge in [0.15, 0.2) is 11.0 Å². The van der Waals surface area contributed by atoms with Crippen LogP contribution < -0.4 is 0 Å². The SMILES string of the molecule is CC(=O)C(C(CC(C)C)C(=O)OCc1ccccc1)S(=O)(=O)O. The van der Waals surface area contributed by atoms with Crippen molar-refractivity contribution in [1.29, 1.82) is 0 Å². The molecule has 0 heterocycles. The summed E-state index contributed by atoms with van der Waals surface area (Å²) in [5, 5.41) is -1.80. The van der Waals surface area contributed by atoms with Crippen molar-refractivity contribution in [1.82, 2.24) is 0 Å². The van der Waals surface area contributed by atoms with Crippen LogP contribution in [0.3, 0.4) is 0 Å². The van der Waals surface area contributed by atoms with E-state index >= 15 is 0 Å². The van der Waals surface area contributed by atoms with Crippen molar-refractivity contribution in [2.45, 2.75) is 39.0 Å². The average molecular weight is 342 g/mol. The molecule has 2 atom stereocenters. The Labute approximate surface area is 136 Å². The van der Waals surface area contributed by atoms with Crippen LogP contribution in [0.5, 0.6) is 0 Å². The van der Waals surface area contributed by atoms with Crippen LogP contribution in [0.25, 0.3) is 0 Å². The number of ether oxygens (including phenoxy) is 1. The third kappa shape index (κ3) is 6.11. The second-order valence-electron chi connectivity index (χ2n) is 5.88. The first kappa shape index (κ1) is 19.3. The third-order valence-corrected chi connectivity index (χ3v) is 4.64. The van der Waals surface area contributed by atoms with E-state index < -0.39 is 33.0 Å². The maximum atomic E-state index is 12.3. The first-order valence-electron chi connectivity index (χ1n) is 7.30. The van der Waals surface area contributed by atoms with Gasteiger partial charge in [0.05, 0.1) is 5.92 Å². The molecule has 0 spiro atoms. The number of hydrogen-bond donors (Lipinski definition) is 1. The van der Waals surface area contributed by atoms with Crippen molar-refractivity contribution in [2.75, 3.05) is 0 Å². The van der Waals surface area contributed by atoms with Crippen LogP contribution in [-0.4, -0.2) is 30.0 Å². The second-order valence-corrected chi connectivity index (χ2v) is 7.41. The van der Waals surface area contributed by atoms with E-state index in [2.05, 4.69) is 0 Å². The molecule has 0 saturated carbocycles. The van der Waals surface area contributed by atoms with Crippen LogP contribution >= 0.6 is 0 Å². The van der Waals surface area contributed by atoms with Crippen molar-refractivity contribution < 1.29 is 27.3 Å². The quantitative estimate of drug-likeness (QED) is 0.575. The Bertz CT molecular complexity index is 636. The fourth-order valence-corrected chi connectivity index (χ4v) is 3.44. The molecule has 128 valence electrons. The van der Waals surface area contributed by atoms with Gasteiger partial charge in [-0.1, -0.05) is 44.2 Å². The van der Waals surface area contributed by atoms with Crippen molar-refractivity contribution >= 4 is 21.9 Å². The summed E-state index contributed by atoms with van der Waals surface area (Å²) >= 11 is 0. The molecule has 1 rings (SSSR count). The van der Waals surface area contributed by atoms with Crippen LogP contribution in [-0.2, 0) is 31.1 Å². The number of ketones is 1. The van der Waals surface area contributed by atoms with E-state index in [0.717, 1.165) is 12.5 Å². The highest BCUT2D eigenvalue weighted by Crippen LogP contribution is 2.23. The van der Waals surface area contributed by atoms with E-state index in [-0.39, 0.29) is 18.9 Å². The van der Waals surface area contributed by atoms with Crippen LogP contribution in [0.15, 0.2) is 30.3 Å². The topological polar surface area (TPSA) is 97.7 Å². The maximum absolute atomic E-state index is 12.3. The minimum atomic E-state index is -4.69. The molecule has 0 bridgehead atoms. The van der Waals surface area contributed by atoms with Crippen LogP contribution in [0.1, 0.15) is 32.8 Å². The van der Waals surface area contributed by atoms with Gasteiger partial charge in [0.25, 0.3) is 10.1 Å². The van der Waals surface area contributed by atoms with E-state index in [1.807, 2.05) is 6.07 Å². The number of esters is 1. The summed E-state index contributed by atoms with van der Waals surface area (Å²) in [7, 11) is -4.69. The summed E-state index contributed by atoms with van der Waals surface area (Å²) in [6.45, 7) is 4.60. The fraction of sp³-hybridized carbons (Fsp3) is 0.500. The summed E-state index contributed by atoms with van der Waals surface area (Å²) in [5.41, 5.74) is 0.746. The molecule has 0 fully saturated rings. The molecule has 0 saturated heterocycles. The van der Waals surface area contributed by atoms with E-state index in [9.17, 15) is 22.6 Å². The summed E-state index contributed by atoms with van der Waals surface area (Å²) in [6, 6.07) is 8.90. The molecule has 2 unspecified atom stereocenters. The maximum Gasteiger partial charge on any atom is 0.311 e. The molecule has 0 aliphatic carbocycles. The van der Waals surface area contributed by atoms with Gasteiger partial charge in [-0.3, -0.25) is 14.1 Å². The minimum Gasteiger partial charge on any atom is -0.461 e. The van der Waals surface area contributed by atoms with Gasteiger partial charge in [-0.05, 0) is 24.8 Å². The summed E-state index contributed by atoms with van der Waals surface area (Å²) in [5.74, 6) is -2.87. The molecule has 0 amide bonds. The Morgan fingerprint density at radius 2 is 1.74 bits per heavy atom. The Morgan fingerprint density at radius 1 is 1.17 bits per heavy atom. The monoisotopic (exact) mass is 342 g/mol. The average Bonchev–Trinajstić information content (AvgIpc) is 2.42. The van der Waals surface area contributed by atoms with Gasteiger partial charge in [0.2, 0.25) is 0 Å². The molecule has 6 nitrogen and oxygen atoms in total. The standard InChI is InChI=1S/C16H22O6S/c1-11(2)9-14(15(12(3)17)23(19,20)21)16(18)22-10-13-7-5-4-6-8-13/h4-8,11,14-15H,9-10H2,1-3H3,(H,19,20,21). The van der Waals surface area contributed by atoms with Crippen LogP contribution in [0.2, 0.25) is 0 Å². The van der Waals surface area contributed by atoms with Gasteiger partial charge in [0, 0.05) is 0 Å². The Morgan fingerprint density at radius 3 is 2.17 bits per heavy atom. The fourth-order valence-electron chi connectivity index (χ4n) is 2.39. The minimum absolute atomic E-state index is 0.0234. The van der Waals surface area contributed by atoms with Crippen molar-refractivity contribution in [3.63, 3.8) is 0 Å². The molecule has 1 aromatic rings. The van der Waals surface area contributed by atoms with Crippen molar-refractivity contribution in [3.8, 4) is 0 Å². The number of carbonyl (C=O) groups is 2. The normalized spacial score (nSPS) is 14.3. The second kappa shape index (κ2) is 8.21. The molecule has 1 N–H and O–H groups in total. The number of rotatable bonds is 8. The lowest BCUT2D eigenvalue weighted by atomic mass is 9.92. The highest BCUT2D eigenvalue weighted by molar-refractivity contribution is 7.87. The lowest BCUT2D eigenvalue weighted by molar-refractivity contribution is -0.151. The molecule has 7 heteroatoms. The molecule has 0 aliphatic rings. The first-order valence-corrected chi connectivity index (χ1v) is 8.80. The summed E-state index contributed by atoms with van der Waals surface area (Å²) in [4.78, 5) is 23.9. The van der Waals surface area contributed by atoms with E-state index in [1.54, 1.807) is 38.1 Å². The number of carbonyl (C=O) groups excluding carboxylic acids is 2. The van der Waals surface area contributed by atoms with Crippen LogP contribution in [0.4, 0.5) is 0 Å². The Balaban J connectivity index is 2.96. The zero-order valence-electron chi connectivity index (χ0n) is 13.4. The Kier molecular flexibility index (Phi) is 6.90. The van der Waals surface area contributed by atoms with Gasteiger partial charge < -0.3 is 4.74 Å². The van der Waals surface area contributed by atoms with Crippen molar-refractivity contribution in [3.05, 3.63) is 35.9 Å². The first-order chi connectivity index (χ1) is 10.6. The van der Waals surface area contributed by atoms with Gasteiger partial charge >= 0.3 is 5.97 Å². The van der Waals surface area contributed by atoms with E-state index in [4.69, 9.17) is 4.74 Å². The molecule has 0 aliphatic heterocycles. The number of Topliss-reactive ketones (excluding diaryl/α,β-unsaturated/α-hetero) is 1. The lowest BCUT2D eigenvalue weighted by Gasteiger charge is -2.23. The highest BCUT2D eigenvalue weighted by Gasteiger charge is 2.41. The van der Waals surface area contributed by atoms with Gasteiger partial charge in [-0.2, -0.15) is 8.42 Å². The highest BCUT2D eigenvalue weighted by atomic mass is 32.2. The predicted molar refractivity (Wildman–Crippen MR) is 85.2 cm³/mol. The molecule has 1 aromatic carbocycles. The molecular weight excluding hydrogens is 320 g/mol. The van der Waals surface area contributed by atoms with Gasteiger partial charge in [-0.25, -0.2) is 0 Å². The molecule has 0 aromatic heterocycles. The number of hydrogen-bond acceptors (Lipinski definition) is 5. The van der Waals surface area contributed by atoms with Crippen LogP contribution in [0, 0.1) is 11.8 Å². The van der Waals surface area contributed by atoms with Crippen molar-refractivity contribution in [2.24, 2.45) is 11.8 Å². The number of benzene rings is 1. The summed E-state index contributed by atoms with van der Waals surface area (Å²) in [6.07, 6.45) is 0.123. The zero-order valence-corrected chi connectivity index (χ0v) is 14.2. The largest absolute Gasteiger partial charge is 0.461 e. The molecule has 23 heavy (non-hydrogen) atoms. The summed E-state index contributed by atoms with van der Waals surface area (Å²) < 4.78 is 37.5. The third-order valence-electron chi connectivity index (χ3n) is 3.34.